The van der Waals surface area contributed by atoms with Crippen LogP contribution in [0.25, 0.3) is 0 Å². The molecule has 0 aliphatic carbocycles. The Morgan fingerprint density at radius 3 is 2.57 bits per heavy atom. The maximum Gasteiger partial charge on any atom is 0.160 e. The summed E-state index contributed by atoms with van der Waals surface area (Å²) < 4.78 is 6.40. The van der Waals surface area contributed by atoms with Crippen LogP contribution in [0.2, 0.25) is 0 Å². The summed E-state index contributed by atoms with van der Waals surface area (Å²) in [7, 11) is 0. The predicted octanol–water partition coefficient (Wildman–Crippen LogP) is -1.07. The van der Waals surface area contributed by atoms with Gasteiger partial charge in [0.15, 0.2) is 5.78 Å². The molecule has 3 heteroatoms. The first-order valence-electron chi connectivity index (χ1n) is 2.42. The third-order valence-electron chi connectivity index (χ3n) is 0.558. The molecule has 0 fully saturated rings. The van der Waals surface area contributed by atoms with Gasteiger partial charge in [0, 0.05) is 0 Å². The van der Waals surface area contributed by atoms with Gasteiger partial charge < -0.3 is 10.2 Å². The summed E-state index contributed by atoms with van der Waals surface area (Å²) in [4.78, 5) is 10.1. The third kappa shape index (κ3) is 2.31. The topological polar surface area (TPSA) is 57.5 Å². The Bertz CT molecular complexity index is 91.3. The van der Waals surface area contributed by atoms with Crippen molar-refractivity contribution in [2.75, 3.05) is 6.58 Å². The zero-order valence-corrected chi connectivity index (χ0v) is 3.96. The fourth-order valence-electron chi connectivity index (χ4n) is 0.105. The lowest BCUT2D eigenvalue weighted by molar-refractivity contribution is -0.126. The lowest BCUT2D eigenvalue weighted by Crippen LogP contribution is -2.20. The normalized spacial score (nSPS) is 20.1. The molecule has 0 radical (unpaired) electrons. The Morgan fingerprint density at radius 1 is 2.14 bits per heavy atom. The second-order valence-corrected chi connectivity index (χ2v) is 1.20. The lowest BCUT2D eigenvalue weighted by atomic mass is 10.3. The van der Waals surface area contributed by atoms with Gasteiger partial charge in [-0.25, -0.2) is 0 Å². The van der Waals surface area contributed by atoms with E-state index in [1.807, 2.05) is 0 Å². The van der Waals surface area contributed by atoms with E-state index in [1.165, 1.54) is 0 Å². The third-order valence-corrected chi connectivity index (χ3v) is 0.558. The summed E-state index contributed by atoms with van der Waals surface area (Å²) in [5.41, 5.74) is 0. The van der Waals surface area contributed by atoms with Crippen LogP contribution in [0.4, 0.5) is 0 Å². The maximum atomic E-state index is 10.1. The van der Waals surface area contributed by atoms with Crippen LogP contribution >= 0.6 is 0 Å². The zero-order valence-electron chi connectivity index (χ0n) is 4.96. The van der Waals surface area contributed by atoms with E-state index in [1.54, 1.807) is 0 Å². The monoisotopic (exact) mass is 105 g/mol. The molecule has 0 aliphatic rings. The van der Waals surface area contributed by atoms with Crippen LogP contribution in [0.15, 0.2) is 0 Å². The Balaban J connectivity index is 3.64. The Morgan fingerprint density at radius 2 is 2.57 bits per heavy atom. The first-order valence-corrected chi connectivity index (χ1v) is 1.84. The molecular formula is C4H8O3. The van der Waals surface area contributed by atoms with Gasteiger partial charge in [-0.2, -0.15) is 0 Å². The number of hydrogen-bond donors (Lipinski definition) is 2. The molecule has 0 heterocycles. The van der Waals surface area contributed by atoms with E-state index in [-0.39, 0.29) is 0 Å². The molecule has 0 aromatic carbocycles. The minimum absolute atomic E-state index is 0.590. The molecular weight excluding hydrogens is 96.0 g/mol. The quantitative estimate of drug-likeness (QED) is 0.470. The van der Waals surface area contributed by atoms with Crippen LogP contribution < -0.4 is 0 Å². The highest BCUT2D eigenvalue weighted by Crippen LogP contribution is 1.79. The molecule has 0 spiro atoms. The van der Waals surface area contributed by atoms with Crippen LogP contribution in [0.5, 0.6) is 0 Å². The van der Waals surface area contributed by atoms with Gasteiger partial charge in [0.05, 0.1) is 7.95 Å². The highest BCUT2D eigenvalue weighted by molar-refractivity contribution is 5.80. The summed E-state index contributed by atoms with van der Waals surface area (Å²) in [6.07, 6.45) is -1.55. The van der Waals surface area contributed by atoms with Crippen molar-refractivity contribution in [3.8, 4) is 0 Å². The van der Waals surface area contributed by atoms with Crippen molar-refractivity contribution in [1.29, 1.82) is 0 Å². The molecule has 0 aromatic heterocycles. The Labute approximate surface area is 43.0 Å². The average molecular weight is 105 g/mol. The molecule has 0 amide bonds. The van der Waals surface area contributed by atoms with Crippen molar-refractivity contribution in [3.05, 3.63) is 0 Å². The molecule has 7 heavy (non-hydrogen) atoms. The summed E-state index contributed by atoms with van der Waals surface area (Å²) in [5.74, 6) is -0.590. The number of aliphatic hydroxyl groups excluding tert-OH is 2. The number of aliphatic hydroxyl groups is 2. The van der Waals surface area contributed by atoms with E-state index in [4.69, 9.17) is 11.6 Å². The SMILES string of the molecule is [2H]C(O)[C@H](O)C(C)=O. The standard InChI is InChI=1S/C4H8O3/c1-3(6)4(7)2-5/h4-5,7H,2H2,1H3/t4-/m0/s1/i2D/t2?,4-. The van der Waals surface area contributed by atoms with E-state index < -0.39 is 18.5 Å². The molecule has 0 saturated carbocycles. The highest BCUT2D eigenvalue weighted by atomic mass is 16.3. The second kappa shape index (κ2) is 2.71. The molecule has 42 valence electrons. The van der Waals surface area contributed by atoms with Crippen molar-refractivity contribution < 1.29 is 16.4 Å². The number of rotatable bonds is 2. The molecule has 1 unspecified atom stereocenters. The minimum Gasteiger partial charge on any atom is -0.393 e. The number of ketones is 1. The van der Waals surface area contributed by atoms with Gasteiger partial charge in [0.2, 0.25) is 0 Å². The molecule has 0 rings (SSSR count). The van der Waals surface area contributed by atoms with Gasteiger partial charge >= 0.3 is 0 Å². The summed E-state index contributed by atoms with van der Waals surface area (Å²) >= 11 is 0. The first kappa shape index (κ1) is 4.74. The zero-order chi connectivity index (χ0) is 6.73. The minimum atomic E-state index is -1.70. The average Bonchev–Trinajstić information content (AvgIpc) is 1.64. The van der Waals surface area contributed by atoms with Crippen LogP contribution in [0.3, 0.4) is 0 Å². The van der Waals surface area contributed by atoms with Crippen molar-refractivity contribution in [1.82, 2.24) is 0 Å². The summed E-state index contributed by atoms with van der Waals surface area (Å²) in [5, 5.41) is 16.6. The number of carbonyl (C=O) groups is 1. The van der Waals surface area contributed by atoms with Crippen molar-refractivity contribution >= 4 is 5.78 Å². The van der Waals surface area contributed by atoms with Gasteiger partial charge in [-0.1, -0.05) is 0 Å². The second-order valence-electron chi connectivity index (χ2n) is 1.20. The molecule has 2 atom stereocenters. The van der Waals surface area contributed by atoms with Crippen LogP contribution in [-0.2, 0) is 4.79 Å². The van der Waals surface area contributed by atoms with E-state index in [0.29, 0.717) is 0 Å². The molecule has 2 N–H and O–H groups in total. The Kier molecular flexibility index (Phi) is 1.84. The largest absolute Gasteiger partial charge is 0.393 e. The smallest absolute Gasteiger partial charge is 0.160 e. The fourth-order valence-corrected chi connectivity index (χ4v) is 0.105. The predicted molar refractivity (Wildman–Crippen MR) is 23.8 cm³/mol. The number of hydrogen-bond acceptors (Lipinski definition) is 3. The van der Waals surface area contributed by atoms with Crippen molar-refractivity contribution in [2.45, 2.75) is 13.0 Å². The maximum absolute atomic E-state index is 10.1. The van der Waals surface area contributed by atoms with E-state index in [9.17, 15) is 4.79 Å². The molecule has 0 aliphatic heterocycles. The van der Waals surface area contributed by atoms with Gasteiger partial charge in [-0.15, -0.1) is 0 Å². The van der Waals surface area contributed by atoms with Crippen molar-refractivity contribution in [2.24, 2.45) is 0 Å². The van der Waals surface area contributed by atoms with Crippen LogP contribution in [-0.4, -0.2) is 28.7 Å². The van der Waals surface area contributed by atoms with E-state index in [2.05, 4.69) is 0 Å². The molecule has 3 nitrogen and oxygen atoms in total. The Hall–Kier alpha value is -0.410. The molecule has 0 aromatic rings. The van der Waals surface area contributed by atoms with Gasteiger partial charge in [0.1, 0.15) is 6.10 Å². The van der Waals surface area contributed by atoms with Gasteiger partial charge in [-0.3, -0.25) is 4.79 Å². The van der Waals surface area contributed by atoms with E-state index >= 15 is 0 Å². The number of carbonyl (C=O) groups excluding carboxylic acids is 1. The molecule has 0 saturated heterocycles. The number of Topliss-reactive ketones (excluding diaryl/α,β-unsaturated/α-hetero) is 1. The van der Waals surface area contributed by atoms with Gasteiger partial charge in [0.25, 0.3) is 0 Å². The van der Waals surface area contributed by atoms with E-state index in [0.717, 1.165) is 6.92 Å². The summed E-state index contributed by atoms with van der Waals surface area (Å²) in [6, 6.07) is 0. The summed E-state index contributed by atoms with van der Waals surface area (Å²) in [6.45, 7) is -0.588. The van der Waals surface area contributed by atoms with Crippen molar-refractivity contribution in [3.63, 3.8) is 0 Å². The molecule has 0 bridgehead atoms. The first-order chi connectivity index (χ1) is 3.55. The highest BCUT2D eigenvalue weighted by Gasteiger charge is 2.04. The lowest BCUT2D eigenvalue weighted by Gasteiger charge is -1.97. The van der Waals surface area contributed by atoms with Gasteiger partial charge in [-0.05, 0) is 6.92 Å². The van der Waals surface area contributed by atoms with Crippen LogP contribution in [0, 0.1) is 0 Å². The van der Waals surface area contributed by atoms with Crippen LogP contribution in [0.1, 0.15) is 8.29 Å². The fraction of sp³-hybridized carbons (Fsp3) is 0.750.